The average Bonchev–Trinajstić information content (AvgIpc) is 2.52. The van der Waals surface area contributed by atoms with Gasteiger partial charge >= 0.3 is 0 Å². The minimum absolute atomic E-state index is 0.109. The van der Waals surface area contributed by atoms with Crippen molar-refractivity contribution in [3.05, 3.63) is 11.8 Å². The van der Waals surface area contributed by atoms with Gasteiger partial charge in [-0.2, -0.15) is 0 Å². The minimum Gasteiger partial charge on any atom is -0.459 e. The lowest BCUT2D eigenvalue weighted by Crippen LogP contribution is -2.39. The van der Waals surface area contributed by atoms with E-state index < -0.39 is 0 Å². The maximum absolute atomic E-state index is 12.3. The summed E-state index contributed by atoms with van der Waals surface area (Å²) in [6.07, 6.45) is 9.62. The van der Waals surface area contributed by atoms with Gasteiger partial charge in [0.25, 0.3) is 5.91 Å². The number of carbonyl (C=O) groups excluding carboxylic acids is 1. The number of aliphatic hydroxyl groups excluding tert-OH is 1. The van der Waals surface area contributed by atoms with Crippen LogP contribution in [0.4, 0.5) is 0 Å². The first-order chi connectivity index (χ1) is 10.7. The molecule has 0 unspecified atom stereocenters. The van der Waals surface area contributed by atoms with Crippen molar-refractivity contribution >= 4 is 5.91 Å². The van der Waals surface area contributed by atoms with Gasteiger partial charge in [-0.1, -0.05) is 26.2 Å². The number of unbranched alkanes of at least 4 members (excludes halogenated alkanes) is 1. The van der Waals surface area contributed by atoms with Gasteiger partial charge in [-0.15, -0.1) is 0 Å². The molecule has 2 rings (SSSR count). The predicted octanol–water partition coefficient (Wildman–Crippen LogP) is 2.49. The molecular weight excluding hydrogens is 282 g/mol. The second-order valence-corrected chi connectivity index (χ2v) is 6.40. The number of hydrogen-bond donors (Lipinski definition) is 2. The van der Waals surface area contributed by atoms with Gasteiger partial charge in [-0.3, -0.25) is 4.79 Å². The zero-order valence-corrected chi connectivity index (χ0v) is 13.6. The van der Waals surface area contributed by atoms with Gasteiger partial charge in [0.15, 0.2) is 5.76 Å². The van der Waals surface area contributed by atoms with Crippen LogP contribution in [0.5, 0.6) is 0 Å². The Morgan fingerprint density at radius 3 is 2.86 bits per heavy atom. The second-order valence-electron chi connectivity index (χ2n) is 6.40. The van der Waals surface area contributed by atoms with Crippen LogP contribution in [0.2, 0.25) is 0 Å². The van der Waals surface area contributed by atoms with E-state index in [2.05, 4.69) is 12.2 Å². The number of amides is 1. The molecule has 22 heavy (non-hydrogen) atoms. The largest absolute Gasteiger partial charge is 0.459 e. The summed E-state index contributed by atoms with van der Waals surface area (Å²) in [7, 11) is 0. The first-order valence-electron chi connectivity index (χ1n) is 8.61. The molecule has 1 fully saturated rings. The van der Waals surface area contributed by atoms with Crippen LogP contribution in [0.25, 0.3) is 0 Å². The topological polar surface area (TPSA) is 67.8 Å². The molecule has 1 amide bonds. The molecule has 1 aliphatic carbocycles. The standard InChI is InChI=1S/C17H29NO4/c1-13-11-15(17(20)18-14-7-3-2-4-8-14)22-16(12-13)21-10-6-5-9-19/h11,13-14,16,19H,2-10,12H2,1H3,(H,18,20)/t13-,16+/m0/s1. The van der Waals surface area contributed by atoms with Crippen LogP contribution in [0.3, 0.4) is 0 Å². The molecule has 126 valence electrons. The van der Waals surface area contributed by atoms with E-state index >= 15 is 0 Å². The fraction of sp³-hybridized carbons (Fsp3) is 0.824. The minimum atomic E-state index is -0.356. The van der Waals surface area contributed by atoms with Crippen LogP contribution in [-0.2, 0) is 14.3 Å². The van der Waals surface area contributed by atoms with Crippen molar-refractivity contribution in [1.82, 2.24) is 5.32 Å². The van der Waals surface area contributed by atoms with E-state index in [4.69, 9.17) is 14.6 Å². The van der Waals surface area contributed by atoms with Gasteiger partial charge in [-0.25, -0.2) is 0 Å². The Morgan fingerprint density at radius 2 is 2.14 bits per heavy atom. The molecule has 2 atom stereocenters. The van der Waals surface area contributed by atoms with Crippen LogP contribution in [0.1, 0.15) is 58.3 Å². The summed E-state index contributed by atoms with van der Waals surface area (Å²) in [6, 6.07) is 0.284. The summed E-state index contributed by atoms with van der Waals surface area (Å²) >= 11 is 0. The Bertz CT molecular complexity index is 377. The summed E-state index contributed by atoms with van der Waals surface area (Å²) in [5.74, 6) is 0.558. The van der Waals surface area contributed by atoms with Crippen molar-refractivity contribution < 1.29 is 19.4 Å². The Morgan fingerprint density at radius 1 is 1.36 bits per heavy atom. The predicted molar refractivity (Wildman–Crippen MR) is 84.0 cm³/mol. The highest BCUT2D eigenvalue weighted by Crippen LogP contribution is 2.24. The quantitative estimate of drug-likeness (QED) is 0.709. The van der Waals surface area contributed by atoms with E-state index in [0.29, 0.717) is 12.4 Å². The normalized spacial score (nSPS) is 26.2. The molecule has 0 bridgehead atoms. The molecule has 0 radical (unpaired) electrons. The highest BCUT2D eigenvalue weighted by atomic mass is 16.7. The zero-order chi connectivity index (χ0) is 15.8. The fourth-order valence-electron chi connectivity index (χ4n) is 3.02. The third-order valence-electron chi connectivity index (χ3n) is 4.28. The van der Waals surface area contributed by atoms with Crippen molar-refractivity contribution in [2.24, 2.45) is 5.92 Å². The summed E-state index contributed by atoms with van der Waals surface area (Å²) in [5, 5.41) is 11.9. The molecule has 0 spiro atoms. The van der Waals surface area contributed by atoms with E-state index in [9.17, 15) is 4.79 Å². The maximum atomic E-state index is 12.3. The SMILES string of the molecule is C[C@H]1C=C(C(=O)NC2CCCCC2)O[C@@H](OCCCCO)C1. The number of nitrogens with one attached hydrogen (secondary N) is 1. The van der Waals surface area contributed by atoms with Gasteiger partial charge in [0.1, 0.15) is 0 Å². The molecule has 1 heterocycles. The third kappa shape index (κ3) is 5.61. The lowest BCUT2D eigenvalue weighted by molar-refractivity contribution is -0.149. The first-order valence-corrected chi connectivity index (χ1v) is 8.61. The summed E-state index contributed by atoms with van der Waals surface area (Å²) in [5.41, 5.74) is 0. The van der Waals surface area contributed by atoms with Gasteiger partial charge in [0, 0.05) is 19.1 Å². The van der Waals surface area contributed by atoms with Crippen LogP contribution in [-0.4, -0.2) is 36.6 Å². The maximum Gasteiger partial charge on any atom is 0.286 e. The Kier molecular flexibility index (Phi) is 7.19. The van der Waals surface area contributed by atoms with Crippen LogP contribution in [0.15, 0.2) is 11.8 Å². The molecule has 0 saturated heterocycles. The molecule has 5 nitrogen and oxygen atoms in total. The van der Waals surface area contributed by atoms with E-state index in [1.807, 2.05) is 6.08 Å². The number of allylic oxidation sites excluding steroid dienone is 1. The molecule has 2 N–H and O–H groups in total. The monoisotopic (exact) mass is 311 g/mol. The fourth-order valence-corrected chi connectivity index (χ4v) is 3.02. The van der Waals surface area contributed by atoms with Crippen molar-refractivity contribution in [3.63, 3.8) is 0 Å². The van der Waals surface area contributed by atoms with Gasteiger partial charge < -0.3 is 19.9 Å². The van der Waals surface area contributed by atoms with Gasteiger partial charge in [-0.05, 0) is 37.7 Å². The third-order valence-corrected chi connectivity index (χ3v) is 4.28. The van der Waals surface area contributed by atoms with Crippen molar-refractivity contribution in [2.75, 3.05) is 13.2 Å². The molecule has 0 aromatic heterocycles. The second kappa shape index (κ2) is 9.16. The molecular formula is C17H29NO4. The van der Waals surface area contributed by atoms with Crippen LogP contribution < -0.4 is 5.32 Å². The van der Waals surface area contributed by atoms with Crippen molar-refractivity contribution in [1.29, 1.82) is 0 Å². The Hall–Kier alpha value is -1.07. The Balaban J connectivity index is 1.79. The lowest BCUT2D eigenvalue weighted by atomic mass is 9.95. The van der Waals surface area contributed by atoms with Crippen LogP contribution >= 0.6 is 0 Å². The number of aliphatic hydroxyl groups is 1. The smallest absolute Gasteiger partial charge is 0.286 e. The van der Waals surface area contributed by atoms with Crippen LogP contribution in [0, 0.1) is 5.92 Å². The average molecular weight is 311 g/mol. The summed E-state index contributed by atoms with van der Waals surface area (Å²) in [4.78, 5) is 12.3. The highest BCUT2D eigenvalue weighted by Gasteiger charge is 2.27. The van der Waals surface area contributed by atoms with Gasteiger partial charge in [0.05, 0.1) is 6.61 Å². The van der Waals surface area contributed by atoms with E-state index in [1.54, 1.807) is 0 Å². The molecule has 0 aromatic carbocycles. The van der Waals surface area contributed by atoms with E-state index in [1.165, 1.54) is 19.3 Å². The highest BCUT2D eigenvalue weighted by molar-refractivity contribution is 5.91. The lowest BCUT2D eigenvalue weighted by Gasteiger charge is -2.29. The molecule has 1 saturated carbocycles. The van der Waals surface area contributed by atoms with E-state index in [-0.39, 0.29) is 30.8 Å². The zero-order valence-electron chi connectivity index (χ0n) is 13.6. The molecule has 5 heteroatoms. The summed E-state index contributed by atoms with van der Waals surface area (Å²) in [6.45, 7) is 2.80. The number of ether oxygens (including phenoxy) is 2. The Labute approximate surface area is 133 Å². The van der Waals surface area contributed by atoms with Gasteiger partial charge in [0.2, 0.25) is 6.29 Å². The van der Waals surface area contributed by atoms with Crippen molar-refractivity contribution in [2.45, 2.75) is 70.6 Å². The molecule has 0 aromatic rings. The molecule has 1 aliphatic heterocycles. The summed E-state index contributed by atoms with van der Waals surface area (Å²) < 4.78 is 11.4. The van der Waals surface area contributed by atoms with E-state index in [0.717, 1.165) is 32.1 Å². The number of carbonyl (C=O) groups is 1. The first kappa shape index (κ1) is 17.3. The number of rotatable bonds is 7. The number of hydrogen-bond acceptors (Lipinski definition) is 4. The molecule has 2 aliphatic rings. The van der Waals surface area contributed by atoms with Crippen molar-refractivity contribution in [3.8, 4) is 0 Å².